The Hall–Kier alpha value is -3.45. The van der Waals surface area contributed by atoms with Crippen LogP contribution in [0.3, 0.4) is 0 Å². The predicted molar refractivity (Wildman–Crippen MR) is 147 cm³/mol. The van der Waals surface area contributed by atoms with Gasteiger partial charge in [0.05, 0.1) is 42.1 Å². The maximum atomic E-state index is 14.2. The Labute approximate surface area is 236 Å². The quantitative estimate of drug-likeness (QED) is 0.403. The van der Waals surface area contributed by atoms with Gasteiger partial charge in [0, 0.05) is 36.9 Å². The molecule has 1 N–H and O–H groups in total. The lowest BCUT2D eigenvalue weighted by molar-refractivity contribution is -0.190. The molecule has 2 aliphatic heterocycles. The second-order valence-corrected chi connectivity index (χ2v) is 12.7. The lowest BCUT2D eigenvalue weighted by atomic mass is 9.98. The molecule has 2 atom stereocenters. The minimum absolute atomic E-state index is 0.0203. The highest BCUT2D eigenvalue weighted by molar-refractivity contribution is 7.91. The van der Waals surface area contributed by atoms with E-state index in [4.69, 9.17) is 9.47 Å². The Kier molecular flexibility index (Phi) is 8.11. The summed E-state index contributed by atoms with van der Waals surface area (Å²) in [5.74, 6) is -1.46. The molecule has 1 aromatic carbocycles. The number of alkyl halides is 3. The van der Waals surface area contributed by atoms with Crippen molar-refractivity contribution in [2.75, 3.05) is 37.6 Å². The first-order valence-electron chi connectivity index (χ1n) is 13.3. The number of anilines is 2. The van der Waals surface area contributed by atoms with Crippen LogP contribution in [0.1, 0.15) is 49.0 Å². The molecule has 0 saturated carbocycles. The first-order chi connectivity index (χ1) is 19.5. The minimum atomic E-state index is -4.74. The summed E-state index contributed by atoms with van der Waals surface area (Å²) in [4.78, 5) is 22.7. The molecule has 3 aromatic rings. The van der Waals surface area contributed by atoms with Crippen LogP contribution in [0.15, 0.2) is 42.6 Å². The van der Waals surface area contributed by atoms with Crippen molar-refractivity contribution in [3.63, 3.8) is 0 Å². The van der Waals surface area contributed by atoms with Crippen LogP contribution in [-0.4, -0.2) is 67.6 Å². The summed E-state index contributed by atoms with van der Waals surface area (Å²) in [6.45, 7) is 0.605. The van der Waals surface area contributed by atoms with Crippen LogP contribution in [-0.2, 0) is 19.4 Å². The Morgan fingerprint density at radius 1 is 1.12 bits per heavy atom. The molecule has 0 bridgehead atoms. The van der Waals surface area contributed by atoms with Crippen molar-refractivity contribution in [1.29, 1.82) is 0 Å². The van der Waals surface area contributed by atoms with Gasteiger partial charge < -0.3 is 19.7 Å². The van der Waals surface area contributed by atoms with Gasteiger partial charge in [0.25, 0.3) is 0 Å². The number of nitrogens with zero attached hydrogens (tertiary/aromatic N) is 3. The van der Waals surface area contributed by atoms with Gasteiger partial charge in [-0.3, -0.25) is 9.78 Å². The van der Waals surface area contributed by atoms with Gasteiger partial charge >= 0.3 is 6.18 Å². The number of aromatic nitrogens is 2. The number of ether oxygens (including phenoxy) is 2. The van der Waals surface area contributed by atoms with Crippen molar-refractivity contribution in [3.8, 4) is 5.88 Å². The summed E-state index contributed by atoms with van der Waals surface area (Å²) in [5, 5.41) is 3.25. The number of halogens is 3. The smallest absolute Gasteiger partial charge is 0.413 e. The summed E-state index contributed by atoms with van der Waals surface area (Å²) < 4.78 is 77.4. The number of carbonyl (C=O) groups excluding carboxylic acids is 1. The van der Waals surface area contributed by atoms with E-state index in [-0.39, 0.29) is 36.0 Å². The molecule has 13 heteroatoms. The molecule has 2 aromatic heterocycles. The standard InChI is InChI=1S/C28H31F3N4O5S/c1-35(27(36)18-11-14-41(37,38)15-12-18)26(28(29,30)31)17-5-7-19(8-6-17)33-21-16-32-20-9-10-23(39-2)34-25(20)24(21)22-4-3-13-40-22/h5-10,16,18,22,26,33H,3-4,11-15H2,1-2H3/t22-,26-/m0/s1. The number of hydrogen-bond donors (Lipinski definition) is 1. The van der Waals surface area contributed by atoms with E-state index >= 15 is 0 Å². The third-order valence-corrected chi connectivity index (χ3v) is 9.36. The van der Waals surface area contributed by atoms with Gasteiger partial charge in [-0.05, 0) is 49.4 Å². The van der Waals surface area contributed by atoms with Gasteiger partial charge in [-0.2, -0.15) is 13.2 Å². The summed E-state index contributed by atoms with van der Waals surface area (Å²) >= 11 is 0. The van der Waals surface area contributed by atoms with Crippen LogP contribution in [0.2, 0.25) is 0 Å². The maximum Gasteiger partial charge on any atom is 0.413 e. The fraction of sp³-hybridized carbons (Fsp3) is 0.464. The molecule has 2 fully saturated rings. The number of benzene rings is 1. The Bertz CT molecular complexity index is 1510. The molecule has 5 rings (SSSR count). The average Bonchev–Trinajstić information content (AvgIpc) is 3.47. The van der Waals surface area contributed by atoms with E-state index in [1.165, 1.54) is 31.4 Å². The van der Waals surface area contributed by atoms with Gasteiger partial charge in [0.15, 0.2) is 6.04 Å². The summed E-state index contributed by atoms with van der Waals surface area (Å²) in [6, 6.07) is 7.04. The van der Waals surface area contributed by atoms with Gasteiger partial charge in [-0.15, -0.1) is 0 Å². The zero-order valence-electron chi connectivity index (χ0n) is 22.6. The highest BCUT2D eigenvalue weighted by atomic mass is 32.2. The number of hydrogen-bond acceptors (Lipinski definition) is 8. The zero-order chi connectivity index (χ0) is 29.4. The van der Waals surface area contributed by atoms with Crippen molar-refractivity contribution in [1.82, 2.24) is 14.9 Å². The number of sulfone groups is 1. The number of fused-ring (bicyclic) bond motifs is 1. The van der Waals surface area contributed by atoms with E-state index in [1.807, 2.05) is 0 Å². The second kappa shape index (κ2) is 11.4. The average molecular weight is 593 g/mol. The Balaban J connectivity index is 1.41. The molecule has 0 aliphatic carbocycles. The van der Waals surface area contributed by atoms with E-state index in [0.29, 0.717) is 39.8 Å². The molecule has 1 amide bonds. The number of methoxy groups -OCH3 is 1. The van der Waals surface area contributed by atoms with Gasteiger partial charge in [0.2, 0.25) is 11.8 Å². The van der Waals surface area contributed by atoms with E-state index < -0.39 is 33.9 Å². The first-order valence-corrected chi connectivity index (χ1v) is 15.1. The number of amides is 1. The molecule has 2 saturated heterocycles. The zero-order valence-corrected chi connectivity index (χ0v) is 23.5. The van der Waals surface area contributed by atoms with Crippen molar-refractivity contribution in [2.24, 2.45) is 5.92 Å². The molecule has 220 valence electrons. The first kappa shape index (κ1) is 29.1. The monoisotopic (exact) mass is 592 g/mol. The predicted octanol–water partition coefficient (Wildman–Crippen LogP) is 5.12. The third-order valence-electron chi connectivity index (χ3n) is 7.64. The molecular weight excluding hydrogens is 561 g/mol. The fourth-order valence-corrected chi connectivity index (χ4v) is 6.99. The van der Waals surface area contributed by atoms with Gasteiger partial charge in [0.1, 0.15) is 15.4 Å². The van der Waals surface area contributed by atoms with E-state index in [0.717, 1.165) is 25.5 Å². The van der Waals surface area contributed by atoms with E-state index in [2.05, 4.69) is 15.3 Å². The van der Waals surface area contributed by atoms with Gasteiger partial charge in [-0.25, -0.2) is 13.4 Å². The fourth-order valence-electron chi connectivity index (χ4n) is 5.50. The minimum Gasteiger partial charge on any atom is -0.481 e. The molecule has 41 heavy (non-hydrogen) atoms. The molecule has 2 aliphatic rings. The highest BCUT2D eigenvalue weighted by Gasteiger charge is 2.46. The molecule has 9 nitrogen and oxygen atoms in total. The van der Waals surface area contributed by atoms with Crippen LogP contribution < -0.4 is 10.1 Å². The van der Waals surface area contributed by atoms with Crippen LogP contribution in [0.4, 0.5) is 24.5 Å². The van der Waals surface area contributed by atoms with Crippen LogP contribution in [0, 0.1) is 5.92 Å². The SMILES string of the molecule is COc1ccc2ncc(Nc3ccc([C@H](N(C)C(=O)C4CCS(=O)(=O)CC4)C(F)(F)F)cc3)c([C@@H]3CCCO3)c2n1. The summed E-state index contributed by atoms with van der Waals surface area (Å²) in [6.07, 6.45) is -1.61. The third kappa shape index (κ3) is 6.25. The van der Waals surface area contributed by atoms with Crippen LogP contribution in [0.25, 0.3) is 11.0 Å². The molecule has 0 unspecified atom stereocenters. The lowest BCUT2D eigenvalue weighted by Crippen LogP contribution is -2.44. The normalized spacial score (nSPS) is 20.1. The van der Waals surface area contributed by atoms with E-state index in [9.17, 15) is 26.4 Å². The van der Waals surface area contributed by atoms with Gasteiger partial charge in [-0.1, -0.05) is 12.1 Å². The van der Waals surface area contributed by atoms with Crippen LogP contribution >= 0.6 is 0 Å². The molecule has 4 heterocycles. The molecular formula is C28H31F3N4O5S. The second-order valence-electron chi connectivity index (χ2n) is 10.4. The van der Waals surface area contributed by atoms with Crippen molar-refractivity contribution < 1.29 is 35.9 Å². The molecule has 0 radical (unpaired) electrons. The van der Waals surface area contributed by atoms with E-state index in [1.54, 1.807) is 18.3 Å². The summed E-state index contributed by atoms with van der Waals surface area (Å²) in [5.41, 5.74) is 3.10. The number of nitrogens with one attached hydrogen (secondary N) is 1. The summed E-state index contributed by atoms with van der Waals surface area (Å²) in [7, 11) is -0.613. The largest absolute Gasteiger partial charge is 0.481 e. The van der Waals surface area contributed by atoms with Crippen LogP contribution in [0.5, 0.6) is 5.88 Å². The topological polar surface area (TPSA) is 111 Å². The Morgan fingerprint density at radius 2 is 1.83 bits per heavy atom. The Morgan fingerprint density at radius 3 is 2.44 bits per heavy atom. The number of rotatable bonds is 7. The molecule has 0 spiro atoms. The van der Waals surface area contributed by atoms with Crippen molar-refractivity contribution in [2.45, 2.75) is 44.0 Å². The highest BCUT2D eigenvalue weighted by Crippen LogP contribution is 2.41. The number of carbonyl (C=O) groups is 1. The lowest BCUT2D eigenvalue weighted by Gasteiger charge is -2.34. The maximum absolute atomic E-state index is 14.2. The van der Waals surface area contributed by atoms with Crippen molar-refractivity contribution in [3.05, 3.63) is 53.7 Å². The van der Waals surface area contributed by atoms with Crippen molar-refractivity contribution >= 4 is 38.2 Å². The number of pyridine rings is 2.